The fraction of sp³-hybridized carbons (Fsp3) is 0.250. The zero-order valence-corrected chi connectivity index (χ0v) is 10.8. The van der Waals surface area contributed by atoms with E-state index in [4.69, 9.17) is 11.6 Å². The Hall–Kier alpha value is -1.33. The minimum absolute atomic E-state index is 0.0900. The number of benzene rings is 1. The summed E-state index contributed by atoms with van der Waals surface area (Å²) in [5, 5.41) is 9.24. The van der Waals surface area contributed by atoms with E-state index >= 15 is 0 Å². The third-order valence-corrected chi connectivity index (χ3v) is 4.14. The number of halogens is 2. The second-order valence-electron chi connectivity index (χ2n) is 4.04. The van der Waals surface area contributed by atoms with Crippen molar-refractivity contribution in [2.24, 2.45) is 10.2 Å². The molecule has 92 valence electrons. The normalized spacial score (nSPS) is 22.6. The van der Waals surface area contributed by atoms with E-state index in [1.807, 2.05) is 0 Å². The van der Waals surface area contributed by atoms with Crippen molar-refractivity contribution in [1.82, 2.24) is 4.98 Å². The lowest BCUT2D eigenvalue weighted by Crippen LogP contribution is -2.07. The fourth-order valence-electron chi connectivity index (χ4n) is 2.01. The Bertz CT molecular complexity index is 581. The highest BCUT2D eigenvalue weighted by molar-refractivity contribution is 7.15. The predicted octanol–water partition coefficient (Wildman–Crippen LogP) is 4.23. The van der Waals surface area contributed by atoms with Gasteiger partial charge in [0.05, 0.1) is 18.7 Å². The standard InChI is InChI=1S/C12H9ClFN3S/c13-10-6-15-12(18-10)9-5-16-17-11(9)7-1-3-8(14)4-2-7/h1-4,6,9,11H,5H2. The molecule has 3 nitrogen and oxygen atoms in total. The predicted molar refractivity (Wildman–Crippen MR) is 68.7 cm³/mol. The molecule has 0 N–H and O–H groups in total. The van der Waals surface area contributed by atoms with Crippen molar-refractivity contribution in [2.75, 3.05) is 6.54 Å². The molecule has 6 heteroatoms. The van der Waals surface area contributed by atoms with Gasteiger partial charge in [0, 0.05) is 0 Å². The van der Waals surface area contributed by atoms with Gasteiger partial charge in [-0.2, -0.15) is 10.2 Å². The van der Waals surface area contributed by atoms with Gasteiger partial charge in [0.2, 0.25) is 0 Å². The molecular weight excluding hydrogens is 273 g/mol. The Morgan fingerprint density at radius 3 is 2.72 bits per heavy atom. The molecule has 2 aromatic rings. The quantitative estimate of drug-likeness (QED) is 0.812. The molecule has 1 aromatic carbocycles. The van der Waals surface area contributed by atoms with Crippen molar-refractivity contribution in [1.29, 1.82) is 0 Å². The first-order chi connectivity index (χ1) is 8.74. The maximum Gasteiger partial charge on any atom is 0.123 e. The van der Waals surface area contributed by atoms with Crippen molar-refractivity contribution >= 4 is 22.9 Å². The molecule has 3 rings (SSSR count). The highest BCUT2D eigenvalue weighted by Gasteiger charge is 2.31. The Labute approximate surface area is 112 Å². The molecular formula is C12H9ClFN3S. The van der Waals surface area contributed by atoms with E-state index in [9.17, 15) is 4.39 Å². The summed E-state index contributed by atoms with van der Waals surface area (Å²) in [6.45, 7) is 0.603. The first kappa shape index (κ1) is 11.7. The van der Waals surface area contributed by atoms with Gasteiger partial charge in [-0.1, -0.05) is 23.7 Å². The number of hydrogen-bond donors (Lipinski definition) is 0. The van der Waals surface area contributed by atoms with Gasteiger partial charge in [-0.25, -0.2) is 9.37 Å². The summed E-state index contributed by atoms with van der Waals surface area (Å²) in [5.74, 6) is -0.143. The van der Waals surface area contributed by atoms with Crippen LogP contribution in [0.3, 0.4) is 0 Å². The van der Waals surface area contributed by atoms with Crippen molar-refractivity contribution in [3.05, 3.63) is 51.2 Å². The largest absolute Gasteiger partial charge is 0.248 e. The molecule has 0 radical (unpaired) electrons. The monoisotopic (exact) mass is 281 g/mol. The molecule has 0 saturated heterocycles. The number of nitrogens with zero attached hydrogens (tertiary/aromatic N) is 3. The van der Waals surface area contributed by atoms with Gasteiger partial charge in [0.25, 0.3) is 0 Å². The van der Waals surface area contributed by atoms with Crippen LogP contribution in [0.25, 0.3) is 0 Å². The van der Waals surface area contributed by atoms with Crippen LogP contribution in [0.5, 0.6) is 0 Å². The van der Waals surface area contributed by atoms with Crippen LogP contribution in [0.4, 0.5) is 4.39 Å². The number of hydrogen-bond acceptors (Lipinski definition) is 4. The van der Waals surface area contributed by atoms with Crippen molar-refractivity contribution in [3.8, 4) is 0 Å². The Balaban J connectivity index is 1.91. The van der Waals surface area contributed by atoms with E-state index in [2.05, 4.69) is 15.2 Å². The van der Waals surface area contributed by atoms with Crippen LogP contribution in [0.1, 0.15) is 22.5 Å². The lowest BCUT2D eigenvalue weighted by atomic mass is 9.95. The third kappa shape index (κ3) is 2.15. The summed E-state index contributed by atoms with van der Waals surface area (Å²) in [6.07, 6.45) is 1.64. The average Bonchev–Trinajstić information content (AvgIpc) is 2.98. The molecule has 0 amide bonds. The zero-order chi connectivity index (χ0) is 12.5. The van der Waals surface area contributed by atoms with Crippen molar-refractivity contribution < 1.29 is 4.39 Å². The maximum absolute atomic E-state index is 12.9. The molecule has 1 aliphatic rings. The third-order valence-electron chi connectivity index (χ3n) is 2.89. The fourth-order valence-corrected chi connectivity index (χ4v) is 3.07. The summed E-state index contributed by atoms with van der Waals surface area (Å²) < 4.78 is 13.6. The molecule has 0 spiro atoms. The second kappa shape index (κ2) is 4.74. The number of aromatic nitrogens is 1. The molecule has 1 aromatic heterocycles. The molecule has 2 unspecified atom stereocenters. The van der Waals surface area contributed by atoms with Gasteiger partial charge < -0.3 is 0 Å². The summed E-state index contributed by atoms with van der Waals surface area (Å²) in [7, 11) is 0. The van der Waals surface area contributed by atoms with Crippen molar-refractivity contribution in [2.45, 2.75) is 12.0 Å². The van der Waals surface area contributed by atoms with Gasteiger partial charge in [0.15, 0.2) is 0 Å². The number of rotatable bonds is 2. The Morgan fingerprint density at radius 1 is 1.28 bits per heavy atom. The van der Waals surface area contributed by atoms with Crippen LogP contribution in [-0.2, 0) is 0 Å². The minimum atomic E-state index is -0.248. The Morgan fingerprint density at radius 2 is 2.06 bits per heavy atom. The summed E-state index contributed by atoms with van der Waals surface area (Å²) in [4.78, 5) is 4.28. The van der Waals surface area contributed by atoms with Gasteiger partial charge in [-0.05, 0) is 17.7 Å². The van der Waals surface area contributed by atoms with Crippen molar-refractivity contribution in [3.63, 3.8) is 0 Å². The molecule has 0 aliphatic carbocycles. The zero-order valence-electron chi connectivity index (χ0n) is 9.25. The molecule has 0 saturated carbocycles. The number of thiazole rings is 1. The first-order valence-corrected chi connectivity index (χ1v) is 6.67. The topological polar surface area (TPSA) is 37.6 Å². The average molecular weight is 282 g/mol. The molecule has 1 aliphatic heterocycles. The van der Waals surface area contributed by atoms with Crippen LogP contribution in [0.2, 0.25) is 4.34 Å². The van der Waals surface area contributed by atoms with Crippen LogP contribution >= 0.6 is 22.9 Å². The Kier molecular flexibility index (Phi) is 3.09. The molecule has 0 bridgehead atoms. The molecule has 0 fully saturated rings. The van der Waals surface area contributed by atoms with Crippen LogP contribution in [0.15, 0.2) is 40.7 Å². The number of azo groups is 1. The van der Waals surface area contributed by atoms with E-state index in [1.165, 1.54) is 23.5 Å². The highest BCUT2D eigenvalue weighted by Crippen LogP contribution is 2.40. The first-order valence-electron chi connectivity index (χ1n) is 5.47. The van der Waals surface area contributed by atoms with E-state index < -0.39 is 0 Å². The molecule has 2 atom stereocenters. The minimum Gasteiger partial charge on any atom is -0.248 e. The summed E-state index contributed by atoms with van der Waals surface area (Å²) in [5.41, 5.74) is 0.953. The summed E-state index contributed by atoms with van der Waals surface area (Å²) in [6, 6.07) is 6.27. The van der Waals surface area contributed by atoms with Crippen LogP contribution in [-0.4, -0.2) is 11.5 Å². The maximum atomic E-state index is 12.9. The van der Waals surface area contributed by atoms with Gasteiger partial charge in [-0.3, -0.25) is 0 Å². The molecule has 2 heterocycles. The van der Waals surface area contributed by atoms with E-state index in [-0.39, 0.29) is 17.8 Å². The van der Waals surface area contributed by atoms with E-state index in [0.29, 0.717) is 10.9 Å². The summed E-state index contributed by atoms with van der Waals surface area (Å²) >= 11 is 7.35. The van der Waals surface area contributed by atoms with Gasteiger partial charge >= 0.3 is 0 Å². The van der Waals surface area contributed by atoms with E-state index in [0.717, 1.165) is 10.6 Å². The second-order valence-corrected chi connectivity index (χ2v) is 5.74. The van der Waals surface area contributed by atoms with E-state index in [1.54, 1.807) is 18.3 Å². The lowest BCUT2D eigenvalue weighted by molar-refractivity contribution is 0.613. The van der Waals surface area contributed by atoms with Crippen LogP contribution in [0, 0.1) is 5.82 Å². The van der Waals surface area contributed by atoms with Gasteiger partial charge in [-0.15, -0.1) is 11.3 Å². The molecule has 18 heavy (non-hydrogen) atoms. The SMILES string of the molecule is Fc1ccc(C2N=NCC2c2ncc(Cl)s2)cc1. The smallest absolute Gasteiger partial charge is 0.123 e. The lowest BCUT2D eigenvalue weighted by Gasteiger charge is -2.14. The van der Waals surface area contributed by atoms with Gasteiger partial charge in [0.1, 0.15) is 21.2 Å². The van der Waals surface area contributed by atoms with Crippen LogP contribution < -0.4 is 0 Å². The highest BCUT2D eigenvalue weighted by atomic mass is 35.5.